The third-order valence-corrected chi connectivity index (χ3v) is 2.51. The molecule has 1 unspecified atom stereocenters. The minimum absolute atomic E-state index is 0.0908. The van der Waals surface area contributed by atoms with Crippen molar-refractivity contribution >= 4 is 0 Å². The highest BCUT2D eigenvalue weighted by Crippen LogP contribution is 2.15. The summed E-state index contributed by atoms with van der Waals surface area (Å²) in [6, 6.07) is 2.04. The van der Waals surface area contributed by atoms with E-state index in [1.54, 1.807) is 0 Å². The van der Waals surface area contributed by atoms with Gasteiger partial charge in [0.25, 0.3) is 0 Å². The van der Waals surface area contributed by atoms with E-state index in [0.29, 0.717) is 13.2 Å². The van der Waals surface area contributed by atoms with Crippen LogP contribution in [-0.4, -0.2) is 26.4 Å². The third-order valence-electron chi connectivity index (χ3n) is 2.51. The van der Waals surface area contributed by atoms with Gasteiger partial charge in [0, 0.05) is 18.7 Å². The van der Waals surface area contributed by atoms with Gasteiger partial charge < -0.3 is 19.2 Å². The average molecular weight is 241 g/mol. The molecule has 0 radical (unpaired) electrons. The van der Waals surface area contributed by atoms with Crippen LogP contribution in [0.15, 0.2) is 10.5 Å². The zero-order valence-corrected chi connectivity index (χ0v) is 11.2. The lowest BCUT2D eigenvalue weighted by Gasteiger charge is -2.11. The van der Waals surface area contributed by atoms with Gasteiger partial charge in [-0.1, -0.05) is 0 Å². The number of nitrogens with one attached hydrogen (secondary N) is 1. The largest absolute Gasteiger partial charge is 0.464 e. The van der Waals surface area contributed by atoms with Gasteiger partial charge in [-0.3, -0.25) is 0 Å². The summed E-state index contributed by atoms with van der Waals surface area (Å²) in [5.41, 5.74) is 1.18. The smallest absolute Gasteiger partial charge is 0.130 e. The van der Waals surface area contributed by atoms with E-state index in [2.05, 4.69) is 5.32 Å². The molecule has 0 saturated carbocycles. The highest BCUT2D eigenvalue weighted by atomic mass is 16.5. The summed E-state index contributed by atoms with van der Waals surface area (Å²) in [5.74, 6) is 1.83. The van der Waals surface area contributed by atoms with Crippen LogP contribution in [0.1, 0.15) is 30.9 Å². The molecule has 0 aliphatic heterocycles. The van der Waals surface area contributed by atoms with Gasteiger partial charge in [-0.15, -0.1) is 0 Å². The SMILES string of the molecule is CCOCC(C)OCc1cc(CNC)c(C)o1. The lowest BCUT2D eigenvalue weighted by molar-refractivity contribution is -0.0172. The Morgan fingerprint density at radius 1 is 1.47 bits per heavy atom. The summed E-state index contributed by atoms with van der Waals surface area (Å²) in [7, 11) is 1.92. The summed E-state index contributed by atoms with van der Waals surface area (Å²) in [4.78, 5) is 0. The van der Waals surface area contributed by atoms with Crippen LogP contribution >= 0.6 is 0 Å². The van der Waals surface area contributed by atoms with Crippen LogP contribution in [0.2, 0.25) is 0 Å². The first kappa shape index (κ1) is 14.2. The molecule has 1 aromatic rings. The van der Waals surface area contributed by atoms with Gasteiger partial charge in [0.05, 0.1) is 12.7 Å². The van der Waals surface area contributed by atoms with Crippen molar-refractivity contribution in [3.05, 3.63) is 23.2 Å². The number of rotatable bonds is 8. The molecule has 0 aromatic carbocycles. The maximum absolute atomic E-state index is 5.64. The number of hydrogen-bond donors (Lipinski definition) is 1. The summed E-state index contributed by atoms with van der Waals surface area (Å²) in [6.07, 6.45) is 0.0908. The van der Waals surface area contributed by atoms with E-state index >= 15 is 0 Å². The molecular weight excluding hydrogens is 218 g/mol. The Hall–Kier alpha value is -0.840. The van der Waals surface area contributed by atoms with Crippen LogP contribution in [0.5, 0.6) is 0 Å². The van der Waals surface area contributed by atoms with Gasteiger partial charge in [-0.05, 0) is 33.9 Å². The van der Waals surface area contributed by atoms with Crippen molar-refractivity contribution in [2.24, 2.45) is 0 Å². The van der Waals surface area contributed by atoms with Crippen molar-refractivity contribution in [3.8, 4) is 0 Å². The second-order valence-corrected chi connectivity index (χ2v) is 4.11. The van der Waals surface area contributed by atoms with Crippen molar-refractivity contribution in [2.75, 3.05) is 20.3 Å². The van der Waals surface area contributed by atoms with Crippen LogP contribution < -0.4 is 5.32 Å². The Kier molecular flexibility index (Phi) is 6.26. The van der Waals surface area contributed by atoms with Gasteiger partial charge >= 0.3 is 0 Å². The number of hydrogen-bond acceptors (Lipinski definition) is 4. The van der Waals surface area contributed by atoms with Gasteiger partial charge in [-0.25, -0.2) is 0 Å². The zero-order chi connectivity index (χ0) is 12.7. The van der Waals surface area contributed by atoms with E-state index < -0.39 is 0 Å². The van der Waals surface area contributed by atoms with Crippen molar-refractivity contribution in [3.63, 3.8) is 0 Å². The van der Waals surface area contributed by atoms with Crippen molar-refractivity contribution in [1.29, 1.82) is 0 Å². The standard InChI is InChI=1S/C13H23NO3/c1-5-15-8-10(2)16-9-13-6-12(7-14-4)11(3)17-13/h6,10,14H,5,7-9H2,1-4H3. The van der Waals surface area contributed by atoms with Crippen LogP contribution in [-0.2, 0) is 22.6 Å². The molecule has 0 aliphatic rings. The molecule has 1 N–H and O–H groups in total. The summed E-state index contributed by atoms with van der Waals surface area (Å²) in [6.45, 7) is 8.62. The van der Waals surface area contributed by atoms with Gasteiger partial charge in [-0.2, -0.15) is 0 Å². The second-order valence-electron chi connectivity index (χ2n) is 4.11. The highest BCUT2D eigenvalue weighted by molar-refractivity contribution is 5.20. The maximum Gasteiger partial charge on any atom is 0.130 e. The highest BCUT2D eigenvalue weighted by Gasteiger charge is 2.08. The van der Waals surface area contributed by atoms with E-state index in [9.17, 15) is 0 Å². The quantitative estimate of drug-likeness (QED) is 0.758. The van der Waals surface area contributed by atoms with E-state index in [0.717, 1.165) is 24.7 Å². The molecule has 0 aliphatic carbocycles. The fraction of sp³-hybridized carbons (Fsp3) is 0.692. The Morgan fingerprint density at radius 2 is 2.24 bits per heavy atom. The van der Waals surface area contributed by atoms with E-state index in [-0.39, 0.29) is 6.10 Å². The van der Waals surface area contributed by atoms with Crippen LogP contribution in [0, 0.1) is 6.92 Å². The molecule has 17 heavy (non-hydrogen) atoms. The summed E-state index contributed by atoms with van der Waals surface area (Å²) in [5, 5.41) is 3.11. The average Bonchev–Trinajstić information content (AvgIpc) is 2.65. The first-order valence-corrected chi connectivity index (χ1v) is 6.09. The fourth-order valence-corrected chi connectivity index (χ4v) is 1.58. The topological polar surface area (TPSA) is 43.6 Å². The molecule has 0 saturated heterocycles. The van der Waals surface area contributed by atoms with Crippen molar-refractivity contribution < 1.29 is 13.9 Å². The molecule has 0 spiro atoms. The van der Waals surface area contributed by atoms with Crippen molar-refractivity contribution in [1.82, 2.24) is 5.32 Å². The van der Waals surface area contributed by atoms with Crippen LogP contribution in [0.25, 0.3) is 0 Å². The number of furan rings is 1. The Labute approximate surface area is 103 Å². The molecule has 98 valence electrons. The molecule has 0 fully saturated rings. The predicted octanol–water partition coefficient (Wildman–Crippen LogP) is 2.25. The Bertz CT molecular complexity index is 322. The predicted molar refractivity (Wildman–Crippen MR) is 67.0 cm³/mol. The first-order chi connectivity index (χ1) is 8.17. The normalized spacial score (nSPS) is 12.9. The molecule has 1 atom stereocenters. The zero-order valence-electron chi connectivity index (χ0n) is 11.2. The number of aryl methyl sites for hydroxylation is 1. The molecule has 4 nitrogen and oxygen atoms in total. The van der Waals surface area contributed by atoms with E-state index in [4.69, 9.17) is 13.9 Å². The Morgan fingerprint density at radius 3 is 2.88 bits per heavy atom. The maximum atomic E-state index is 5.64. The molecule has 1 heterocycles. The lowest BCUT2D eigenvalue weighted by atomic mass is 10.2. The number of ether oxygens (including phenoxy) is 2. The van der Waals surface area contributed by atoms with Crippen LogP contribution in [0.4, 0.5) is 0 Å². The van der Waals surface area contributed by atoms with E-state index in [1.807, 2.05) is 33.9 Å². The van der Waals surface area contributed by atoms with E-state index in [1.165, 1.54) is 5.56 Å². The molecule has 1 rings (SSSR count). The minimum atomic E-state index is 0.0908. The molecule has 1 aromatic heterocycles. The van der Waals surface area contributed by atoms with Gasteiger partial charge in [0.1, 0.15) is 18.1 Å². The molecular formula is C13H23NO3. The summed E-state index contributed by atoms with van der Waals surface area (Å²) >= 11 is 0. The fourth-order valence-electron chi connectivity index (χ4n) is 1.58. The summed E-state index contributed by atoms with van der Waals surface area (Å²) < 4.78 is 16.5. The van der Waals surface area contributed by atoms with Gasteiger partial charge in [0.2, 0.25) is 0 Å². The van der Waals surface area contributed by atoms with Crippen LogP contribution in [0.3, 0.4) is 0 Å². The minimum Gasteiger partial charge on any atom is -0.464 e. The molecule has 0 amide bonds. The first-order valence-electron chi connectivity index (χ1n) is 6.09. The van der Waals surface area contributed by atoms with Gasteiger partial charge in [0.15, 0.2) is 0 Å². The Balaban J connectivity index is 2.38. The molecule has 4 heteroatoms. The molecule has 0 bridgehead atoms. The third kappa shape index (κ3) is 4.89. The monoisotopic (exact) mass is 241 g/mol. The second kappa shape index (κ2) is 7.48. The van der Waals surface area contributed by atoms with Crippen molar-refractivity contribution in [2.45, 2.75) is 40.0 Å². The lowest BCUT2D eigenvalue weighted by Crippen LogP contribution is -2.15.